The van der Waals surface area contributed by atoms with Crippen LogP contribution < -0.4 is 5.32 Å². The summed E-state index contributed by atoms with van der Waals surface area (Å²) in [5.41, 5.74) is 2.33. The Bertz CT molecular complexity index is 582. The molecule has 0 aliphatic carbocycles. The zero-order valence-corrected chi connectivity index (χ0v) is 13.0. The molecule has 2 rings (SSSR count). The van der Waals surface area contributed by atoms with Gasteiger partial charge in [-0.1, -0.05) is 45.0 Å². The third-order valence-electron chi connectivity index (χ3n) is 3.18. The second-order valence-corrected chi connectivity index (χ2v) is 6.49. The summed E-state index contributed by atoms with van der Waals surface area (Å²) in [5.74, 6) is 0.0939. The molecule has 0 aliphatic rings. The minimum Gasteiger partial charge on any atom is -0.352 e. The van der Waals surface area contributed by atoms with Crippen molar-refractivity contribution in [2.75, 3.05) is 0 Å². The highest BCUT2D eigenvalue weighted by Gasteiger charge is 2.15. The fraction of sp³-hybridized carbons (Fsp3) is 0.412. The van der Waals surface area contributed by atoms with E-state index in [1.165, 1.54) is 5.56 Å². The molecule has 0 saturated carbocycles. The van der Waals surface area contributed by atoms with Crippen LogP contribution in [0.1, 0.15) is 38.3 Å². The molecule has 0 aliphatic heterocycles. The van der Waals surface area contributed by atoms with Crippen molar-refractivity contribution >= 4 is 5.91 Å². The summed E-state index contributed by atoms with van der Waals surface area (Å²) in [5, 5.41) is 7.23. The Kier molecular flexibility index (Phi) is 4.78. The Morgan fingerprint density at radius 1 is 1.19 bits per heavy atom. The molecule has 0 fully saturated rings. The van der Waals surface area contributed by atoms with Crippen LogP contribution in [0.2, 0.25) is 0 Å². The van der Waals surface area contributed by atoms with Gasteiger partial charge in [0, 0.05) is 25.4 Å². The minimum atomic E-state index is 0.0126. The number of nitrogens with zero attached hydrogens (tertiary/aromatic N) is 2. The van der Waals surface area contributed by atoms with E-state index in [1.807, 2.05) is 29.1 Å². The lowest BCUT2D eigenvalue weighted by atomic mass is 9.92. The van der Waals surface area contributed by atoms with Crippen molar-refractivity contribution in [3.63, 3.8) is 0 Å². The SMILES string of the molecule is CC(C)(C)CC(=O)NCc1ccccc1Cn1cccn1. The van der Waals surface area contributed by atoms with Gasteiger partial charge in [0.05, 0.1) is 6.54 Å². The third-order valence-corrected chi connectivity index (χ3v) is 3.18. The van der Waals surface area contributed by atoms with Gasteiger partial charge in [0.25, 0.3) is 0 Å². The van der Waals surface area contributed by atoms with Crippen molar-refractivity contribution in [3.05, 3.63) is 53.9 Å². The van der Waals surface area contributed by atoms with Crippen molar-refractivity contribution in [2.45, 2.75) is 40.3 Å². The molecule has 1 heterocycles. The number of aromatic nitrogens is 2. The maximum Gasteiger partial charge on any atom is 0.220 e. The van der Waals surface area contributed by atoms with Crippen LogP contribution in [0.3, 0.4) is 0 Å². The van der Waals surface area contributed by atoms with Crippen LogP contribution in [0.5, 0.6) is 0 Å². The Balaban J connectivity index is 1.98. The summed E-state index contributed by atoms with van der Waals surface area (Å²) in [6, 6.07) is 10.0. The quantitative estimate of drug-likeness (QED) is 0.918. The molecule has 4 heteroatoms. The van der Waals surface area contributed by atoms with E-state index in [1.54, 1.807) is 6.20 Å². The molecular weight excluding hydrogens is 262 g/mol. The van der Waals surface area contributed by atoms with Gasteiger partial charge in [0.15, 0.2) is 0 Å². The molecule has 1 amide bonds. The summed E-state index contributed by atoms with van der Waals surface area (Å²) in [7, 11) is 0. The van der Waals surface area contributed by atoms with E-state index in [2.05, 4.69) is 43.3 Å². The maximum absolute atomic E-state index is 11.9. The maximum atomic E-state index is 11.9. The van der Waals surface area contributed by atoms with E-state index in [4.69, 9.17) is 0 Å². The topological polar surface area (TPSA) is 46.9 Å². The Hall–Kier alpha value is -2.10. The Morgan fingerprint density at radius 2 is 1.90 bits per heavy atom. The van der Waals surface area contributed by atoms with Gasteiger partial charge in [-0.2, -0.15) is 5.10 Å². The van der Waals surface area contributed by atoms with Crippen molar-refractivity contribution in [3.8, 4) is 0 Å². The fourth-order valence-corrected chi connectivity index (χ4v) is 2.19. The monoisotopic (exact) mass is 285 g/mol. The first-order valence-corrected chi connectivity index (χ1v) is 7.25. The summed E-state index contributed by atoms with van der Waals surface area (Å²) in [6.45, 7) is 7.49. The highest BCUT2D eigenvalue weighted by molar-refractivity contribution is 5.76. The predicted octanol–water partition coefficient (Wildman–Crippen LogP) is 2.98. The number of benzene rings is 1. The highest BCUT2D eigenvalue weighted by Crippen LogP contribution is 2.18. The molecule has 0 unspecified atom stereocenters. The van der Waals surface area contributed by atoms with E-state index in [-0.39, 0.29) is 11.3 Å². The van der Waals surface area contributed by atoms with E-state index < -0.39 is 0 Å². The Labute approximate surface area is 126 Å². The molecule has 21 heavy (non-hydrogen) atoms. The zero-order chi connectivity index (χ0) is 15.3. The van der Waals surface area contributed by atoms with Crippen molar-refractivity contribution < 1.29 is 4.79 Å². The van der Waals surface area contributed by atoms with E-state index >= 15 is 0 Å². The molecule has 1 aromatic heterocycles. The van der Waals surface area contributed by atoms with Crippen molar-refractivity contribution in [1.82, 2.24) is 15.1 Å². The van der Waals surface area contributed by atoms with E-state index in [0.29, 0.717) is 13.0 Å². The summed E-state index contributed by atoms with van der Waals surface area (Å²) in [6.07, 6.45) is 4.25. The number of carbonyl (C=O) groups is 1. The zero-order valence-electron chi connectivity index (χ0n) is 13.0. The lowest BCUT2D eigenvalue weighted by Crippen LogP contribution is -2.27. The number of hydrogen-bond donors (Lipinski definition) is 1. The second-order valence-electron chi connectivity index (χ2n) is 6.49. The predicted molar refractivity (Wildman–Crippen MR) is 83.7 cm³/mol. The first kappa shape index (κ1) is 15.3. The molecule has 2 aromatic rings. The number of hydrogen-bond acceptors (Lipinski definition) is 2. The summed E-state index contributed by atoms with van der Waals surface area (Å²) >= 11 is 0. The molecule has 0 bridgehead atoms. The summed E-state index contributed by atoms with van der Waals surface area (Å²) < 4.78 is 1.88. The lowest BCUT2D eigenvalue weighted by Gasteiger charge is -2.18. The average Bonchev–Trinajstić information content (AvgIpc) is 2.88. The van der Waals surface area contributed by atoms with Crippen molar-refractivity contribution in [1.29, 1.82) is 0 Å². The van der Waals surface area contributed by atoms with Crippen LogP contribution in [0, 0.1) is 5.41 Å². The number of rotatable bonds is 5. The van der Waals surface area contributed by atoms with Crippen LogP contribution >= 0.6 is 0 Å². The standard InChI is InChI=1S/C17H23N3O/c1-17(2,3)11-16(21)18-12-14-7-4-5-8-15(14)13-20-10-6-9-19-20/h4-10H,11-13H2,1-3H3,(H,18,21). The fourth-order valence-electron chi connectivity index (χ4n) is 2.19. The smallest absolute Gasteiger partial charge is 0.220 e. The molecule has 0 atom stereocenters. The van der Waals surface area contributed by atoms with Gasteiger partial charge in [-0.05, 0) is 22.6 Å². The van der Waals surface area contributed by atoms with Gasteiger partial charge in [0.2, 0.25) is 5.91 Å². The summed E-state index contributed by atoms with van der Waals surface area (Å²) in [4.78, 5) is 11.9. The van der Waals surface area contributed by atoms with Crippen LogP contribution in [-0.4, -0.2) is 15.7 Å². The molecule has 1 N–H and O–H groups in total. The highest BCUT2D eigenvalue weighted by atomic mass is 16.1. The van der Waals surface area contributed by atoms with Gasteiger partial charge < -0.3 is 5.32 Å². The number of carbonyl (C=O) groups excluding carboxylic acids is 1. The van der Waals surface area contributed by atoms with Gasteiger partial charge >= 0.3 is 0 Å². The van der Waals surface area contributed by atoms with Gasteiger partial charge in [-0.15, -0.1) is 0 Å². The first-order valence-electron chi connectivity index (χ1n) is 7.25. The normalized spacial score (nSPS) is 11.4. The lowest BCUT2D eigenvalue weighted by molar-refractivity contribution is -0.122. The molecule has 4 nitrogen and oxygen atoms in total. The van der Waals surface area contributed by atoms with Crippen LogP contribution in [0.4, 0.5) is 0 Å². The van der Waals surface area contributed by atoms with Gasteiger partial charge in [-0.3, -0.25) is 9.48 Å². The molecular formula is C17H23N3O. The van der Waals surface area contributed by atoms with Gasteiger partial charge in [-0.25, -0.2) is 0 Å². The molecule has 0 saturated heterocycles. The number of nitrogens with one attached hydrogen (secondary N) is 1. The van der Waals surface area contributed by atoms with Crippen LogP contribution in [0.25, 0.3) is 0 Å². The Morgan fingerprint density at radius 3 is 2.52 bits per heavy atom. The van der Waals surface area contributed by atoms with E-state index in [9.17, 15) is 4.79 Å². The number of amides is 1. The van der Waals surface area contributed by atoms with E-state index in [0.717, 1.165) is 12.1 Å². The second kappa shape index (κ2) is 6.57. The first-order chi connectivity index (χ1) is 9.94. The molecule has 112 valence electrons. The minimum absolute atomic E-state index is 0.0126. The van der Waals surface area contributed by atoms with Gasteiger partial charge in [0.1, 0.15) is 0 Å². The molecule has 0 spiro atoms. The molecule has 1 aromatic carbocycles. The largest absolute Gasteiger partial charge is 0.352 e. The van der Waals surface area contributed by atoms with Crippen LogP contribution in [-0.2, 0) is 17.9 Å². The molecule has 0 radical (unpaired) electrons. The average molecular weight is 285 g/mol. The van der Waals surface area contributed by atoms with Crippen molar-refractivity contribution in [2.24, 2.45) is 5.41 Å². The third kappa shape index (κ3) is 5.06. The van der Waals surface area contributed by atoms with Crippen LogP contribution in [0.15, 0.2) is 42.7 Å².